The first-order chi connectivity index (χ1) is 6.15. The molecule has 0 radical (unpaired) electrons. The lowest BCUT2D eigenvalue weighted by molar-refractivity contribution is 0.144. The molecule has 0 amide bonds. The summed E-state index contributed by atoms with van der Waals surface area (Å²) >= 11 is 0. The van der Waals surface area contributed by atoms with Gasteiger partial charge in [0, 0.05) is 17.8 Å². The molecule has 0 fully saturated rings. The first kappa shape index (κ1) is 9.95. The van der Waals surface area contributed by atoms with Gasteiger partial charge in [-0.05, 0) is 12.5 Å². The number of aliphatic hydroxyl groups excluding tert-OH is 1. The second-order valence-corrected chi connectivity index (χ2v) is 2.99. The van der Waals surface area contributed by atoms with E-state index in [-0.39, 0.29) is 11.8 Å². The summed E-state index contributed by atoms with van der Waals surface area (Å²) in [6, 6.07) is 1.15. The Morgan fingerprint density at radius 3 is 2.77 bits per heavy atom. The van der Waals surface area contributed by atoms with Crippen LogP contribution in [0.3, 0.4) is 0 Å². The summed E-state index contributed by atoms with van der Waals surface area (Å²) in [5.41, 5.74) is 6.19. The molecule has 0 bridgehead atoms. The highest BCUT2D eigenvalue weighted by molar-refractivity contribution is 5.24. The van der Waals surface area contributed by atoms with Crippen LogP contribution in [0, 0.1) is 0 Å². The molecular weight excluding hydrogens is 168 g/mol. The van der Waals surface area contributed by atoms with Crippen LogP contribution in [-0.2, 0) is 0 Å². The van der Waals surface area contributed by atoms with Crippen LogP contribution in [0.1, 0.15) is 25.0 Å². The maximum atomic E-state index is 9.64. The van der Waals surface area contributed by atoms with Crippen LogP contribution in [0.4, 0.5) is 0 Å². The first-order valence-electron chi connectivity index (χ1n) is 4.22. The van der Waals surface area contributed by atoms with Crippen molar-refractivity contribution in [2.24, 2.45) is 5.73 Å². The van der Waals surface area contributed by atoms with Gasteiger partial charge in [-0.3, -0.25) is 4.98 Å². The number of pyridine rings is 1. The Morgan fingerprint density at radius 1 is 1.54 bits per heavy atom. The van der Waals surface area contributed by atoms with Crippen LogP contribution >= 0.6 is 0 Å². The standard InChI is InChI=1S/C9H14N2O2/c1-2-8(10)9(13)6-3-7(12)5-11-4-6/h3-5,8-9,12-13H,2,10H2,1H3/t8-,9-/m0/s1. The molecule has 4 N–H and O–H groups in total. The number of aromatic hydroxyl groups is 1. The Hall–Kier alpha value is -1.13. The number of rotatable bonds is 3. The fourth-order valence-electron chi connectivity index (χ4n) is 1.08. The van der Waals surface area contributed by atoms with Crippen LogP contribution in [-0.4, -0.2) is 21.2 Å². The molecule has 0 aliphatic carbocycles. The minimum Gasteiger partial charge on any atom is -0.506 e. The van der Waals surface area contributed by atoms with E-state index in [0.717, 1.165) is 0 Å². The molecule has 4 heteroatoms. The van der Waals surface area contributed by atoms with Crippen molar-refractivity contribution in [2.45, 2.75) is 25.5 Å². The van der Waals surface area contributed by atoms with Crippen molar-refractivity contribution >= 4 is 0 Å². The first-order valence-corrected chi connectivity index (χ1v) is 4.22. The Bertz CT molecular complexity index is 278. The Kier molecular flexibility index (Phi) is 3.22. The van der Waals surface area contributed by atoms with Crippen molar-refractivity contribution in [3.63, 3.8) is 0 Å². The summed E-state index contributed by atoms with van der Waals surface area (Å²) < 4.78 is 0. The number of nitrogens with zero attached hydrogens (tertiary/aromatic N) is 1. The lowest BCUT2D eigenvalue weighted by Gasteiger charge is -2.16. The second-order valence-electron chi connectivity index (χ2n) is 2.99. The van der Waals surface area contributed by atoms with Gasteiger partial charge >= 0.3 is 0 Å². The predicted molar refractivity (Wildman–Crippen MR) is 49.1 cm³/mol. The molecule has 1 aromatic rings. The van der Waals surface area contributed by atoms with Crippen LogP contribution in [0.25, 0.3) is 0 Å². The molecule has 0 saturated heterocycles. The van der Waals surface area contributed by atoms with E-state index in [1.54, 1.807) is 0 Å². The van der Waals surface area contributed by atoms with Gasteiger partial charge in [-0.1, -0.05) is 6.92 Å². The van der Waals surface area contributed by atoms with E-state index < -0.39 is 6.10 Å². The molecule has 72 valence electrons. The molecule has 0 aliphatic rings. The molecule has 0 saturated carbocycles. The molecule has 2 atom stereocenters. The second kappa shape index (κ2) is 4.20. The third kappa shape index (κ3) is 2.40. The highest BCUT2D eigenvalue weighted by Gasteiger charge is 2.15. The van der Waals surface area contributed by atoms with Crippen molar-refractivity contribution in [1.82, 2.24) is 4.98 Å². The predicted octanol–water partition coefficient (Wildman–Crippen LogP) is 0.558. The normalized spacial score (nSPS) is 15.3. The SMILES string of the molecule is CC[C@H](N)[C@@H](O)c1cncc(O)c1. The summed E-state index contributed by atoms with van der Waals surface area (Å²) in [6.45, 7) is 1.89. The van der Waals surface area contributed by atoms with Gasteiger partial charge in [0.15, 0.2) is 0 Å². The van der Waals surface area contributed by atoms with Gasteiger partial charge in [-0.25, -0.2) is 0 Å². The zero-order valence-corrected chi connectivity index (χ0v) is 7.51. The molecule has 0 aliphatic heterocycles. The van der Waals surface area contributed by atoms with Gasteiger partial charge in [0.25, 0.3) is 0 Å². The summed E-state index contributed by atoms with van der Waals surface area (Å²) in [4.78, 5) is 3.76. The third-order valence-corrected chi connectivity index (χ3v) is 1.96. The quantitative estimate of drug-likeness (QED) is 0.638. The van der Waals surface area contributed by atoms with Gasteiger partial charge in [0.05, 0.1) is 12.3 Å². The van der Waals surface area contributed by atoms with E-state index in [0.29, 0.717) is 12.0 Å². The lowest BCUT2D eigenvalue weighted by atomic mass is 10.0. The maximum Gasteiger partial charge on any atom is 0.134 e. The van der Waals surface area contributed by atoms with E-state index in [4.69, 9.17) is 10.8 Å². The number of hydrogen-bond acceptors (Lipinski definition) is 4. The average Bonchev–Trinajstić information content (AvgIpc) is 2.15. The monoisotopic (exact) mass is 182 g/mol. The zero-order valence-electron chi connectivity index (χ0n) is 7.51. The van der Waals surface area contributed by atoms with Gasteiger partial charge in [-0.15, -0.1) is 0 Å². The Morgan fingerprint density at radius 2 is 2.23 bits per heavy atom. The zero-order chi connectivity index (χ0) is 9.84. The Labute approximate surface area is 77.0 Å². The molecule has 13 heavy (non-hydrogen) atoms. The molecule has 1 heterocycles. The van der Waals surface area contributed by atoms with Gasteiger partial charge in [-0.2, -0.15) is 0 Å². The van der Waals surface area contributed by atoms with Crippen molar-refractivity contribution in [1.29, 1.82) is 0 Å². The van der Waals surface area contributed by atoms with Crippen LogP contribution in [0.2, 0.25) is 0 Å². The van der Waals surface area contributed by atoms with Crippen LogP contribution in [0.15, 0.2) is 18.5 Å². The van der Waals surface area contributed by atoms with Crippen molar-refractivity contribution < 1.29 is 10.2 Å². The fraction of sp³-hybridized carbons (Fsp3) is 0.444. The number of nitrogens with two attached hydrogens (primary N) is 1. The summed E-state index contributed by atoms with van der Waals surface area (Å²) in [6.07, 6.45) is 2.73. The lowest BCUT2D eigenvalue weighted by Crippen LogP contribution is -2.27. The van der Waals surface area contributed by atoms with Crippen molar-refractivity contribution in [3.8, 4) is 5.75 Å². The average molecular weight is 182 g/mol. The van der Waals surface area contributed by atoms with E-state index in [1.807, 2.05) is 6.92 Å². The van der Waals surface area contributed by atoms with E-state index in [9.17, 15) is 5.11 Å². The summed E-state index contributed by atoms with van der Waals surface area (Å²) in [5, 5.41) is 18.7. The fourth-order valence-corrected chi connectivity index (χ4v) is 1.08. The van der Waals surface area contributed by atoms with E-state index >= 15 is 0 Å². The van der Waals surface area contributed by atoms with Crippen molar-refractivity contribution in [2.75, 3.05) is 0 Å². The molecule has 1 aromatic heterocycles. The van der Waals surface area contributed by atoms with Crippen molar-refractivity contribution in [3.05, 3.63) is 24.0 Å². The van der Waals surface area contributed by atoms with Gasteiger partial charge in [0.1, 0.15) is 5.75 Å². The van der Waals surface area contributed by atoms with Gasteiger partial charge in [0.2, 0.25) is 0 Å². The number of aliphatic hydroxyl groups is 1. The van der Waals surface area contributed by atoms with E-state index in [2.05, 4.69) is 4.98 Å². The highest BCUT2D eigenvalue weighted by Crippen LogP contribution is 2.19. The number of hydrogen-bond donors (Lipinski definition) is 3. The van der Waals surface area contributed by atoms with Crippen LogP contribution < -0.4 is 5.73 Å². The summed E-state index contributed by atoms with van der Waals surface area (Å²) in [7, 11) is 0. The van der Waals surface area contributed by atoms with Gasteiger partial charge < -0.3 is 15.9 Å². The third-order valence-electron chi connectivity index (χ3n) is 1.96. The molecule has 0 spiro atoms. The molecule has 0 aromatic carbocycles. The number of aromatic nitrogens is 1. The highest BCUT2D eigenvalue weighted by atomic mass is 16.3. The molecule has 0 unspecified atom stereocenters. The minimum atomic E-state index is -0.760. The summed E-state index contributed by atoms with van der Waals surface area (Å²) in [5.74, 6) is 0.0415. The Balaban J connectivity index is 2.82. The smallest absolute Gasteiger partial charge is 0.134 e. The van der Waals surface area contributed by atoms with Crippen LogP contribution in [0.5, 0.6) is 5.75 Å². The molecular formula is C9H14N2O2. The molecule has 1 rings (SSSR count). The minimum absolute atomic E-state index is 0.0415. The largest absolute Gasteiger partial charge is 0.506 e. The van der Waals surface area contributed by atoms with E-state index in [1.165, 1.54) is 18.5 Å². The topological polar surface area (TPSA) is 79.4 Å². The maximum absolute atomic E-state index is 9.64. The molecule has 4 nitrogen and oxygen atoms in total.